The van der Waals surface area contributed by atoms with Crippen molar-refractivity contribution < 1.29 is 32.5 Å². The van der Waals surface area contributed by atoms with Gasteiger partial charge in [-0.05, 0) is 75.9 Å². The molecule has 2 N–H and O–H groups in total. The number of aromatic nitrogens is 3. The number of aliphatic hydroxyl groups is 1. The number of benzene rings is 1. The fourth-order valence-electron chi connectivity index (χ4n) is 5.38. The van der Waals surface area contributed by atoms with E-state index in [-0.39, 0.29) is 23.4 Å². The molecule has 2 aliphatic rings. The van der Waals surface area contributed by atoms with E-state index in [9.17, 15) is 18.7 Å². The standard InChI is InChI=1S/C31H31F3N4O4/c1-29(2,40)21-14-23(36-26(25(21)33)18-5-7-20(32)8-6-18)31(9-4-12-42-31)17-35-28(39)19-13-22(41-3)27-37-24(16-38(27)15-19)30(34)10-11-30/h5-8,13-16,40H,4,9-12,17H2,1-3H3,(H,35,39). The van der Waals surface area contributed by atoms with Gasteiger partial charge in [-0.3, -0.25) is 4.79 Å². The summed E-state index contributed by atoms with van der Waals surface area (Å²) in [6.07, 6.45) is 5.09. The van der Waals surface area contributed by atoms with Gasteiger partial charge in [0.2, 0.25) is 0 Å². The Labute approximate surface area is 240 Å². The van der Waals surface area contributed by atoms with Crippen LogP contribution in [0.1, 0.15) is 66.8 Å². The molecule has 42 heavy (non-hydrogen) atoms. The zero-order chi connectivity index (χ0) is 29.9. The number of amides is 1. The summed E-state index contributed by atoms with van der Waals surface area (Å²) in [5.41, 5.74) is -2.53. The topological polar surface area (TPSA) is 98.0 Å². The second-order valence-corrected chi connectivity index (χ2v) is 11.5. The molecular weight excluding hydrogens is 549 g/mol. The molecule has 1 atom stereocenters. The molecule has 1 aliphatic carbocycles. The average molecular weight is 581 g/mol. The lowest BCUT2D eigenvalue weighted by molar-refractivity contribution is -0.00266. The predicted molar refractivity (Wildman–Crippen MR) is 148 cm³/mol. The van der Waals surface area contributed by atoms with Crippen LogP contribution in [0.3, 0.4) is 0 Å². The summed E-state index contributed by atoms with van der Waals surface area (Å²) in [4.78, 5) is 22.4. The lowest BCUT2D eigenvalue weighted by atomic mass is 9.89. The van der Waals surface area contributed by atoms with Crippen LogP contribution in [0.5, 0.6) is 5.75 Å². The molecule has 1 aliphatic heterocycles. The first kappa shape index (κ1) is 28.2. The third-order valence-corrected chi connectivity index (χ3v) is 7.99. The number of nitrogens with zero attached hydrogens (tertiary/aromatic N) is 3. The van der Waals surface area contributed by atoms with Gasteiger partial charge in [-0.25, -0.2) is 23.1 Å². The summed E-state index contributed by atoms with van der Waals surface area (Å²) >= 11 is 0. The lowest BCUT2D eigenvalue weighted by Crippen LogP contribution is -2.41. The Morgan fingerprint density at radius 3 is 2.48 bits per heavy atom. The van der Waals surface area contributed by atoms with Crippen molar-refractivity contribution >= 4 is 11.6 Å². The van der Waals surface area contributed by atoms with Crippen molar-refractivity contribution in [2.75, 3.05) is 20.3 Å². The Balaban J connectivity index is 1.34. The fraction of sp³-hybridized carbons (Fsp3) is 0.387. The van der Waals surface area contributed by atoms with E-state index in [2.05, 4.69) is 15.3 Å². The number of methoxy groups -OCH3 is 1. The van der Waals surface area contributed by atoms with E-state index < -0.39 is 34.4 Å². The molecule has 8 nitrogen and oxygen atoms in total. The van der Waals surface area contributed by atoms with Gasteiger partial charge in [-0.15, -0.1) is 0 Å². The van der Waals surface area contributed by atoms with Crippen LogP contribution in [-0.4, -0.2) is 45.6 Å². The van der Waals surface area contributed by atoms with Gasteiger partial charge in [0.05, 0.1) is 36.2 Å². The van der Waals surface area contributed by atoms with E-state index >= 15 is 4.39 Å². The van der Waals surface area contributed by atoms with Crippen molar-refractivity contribution in [3.63, 3.8) is 0 Å². The van der Waals surface area contributed by atoms with E-state index in [4.69, 9.17) is 9.47 Å². The Kier molecular flexibility index (Phi) is 6.77. The van der Waals surface area contributed by atoms with E-state index in [0.29, 0.717) is 60.6 Å². The highest BCUT2D eigenvalue weighted by Crippen LogP contribution is 2.49. The Morgan fingerprint density at radius 2 is 1.86 bits per heavy atom. The highest BCUT2D eigenvalue weighted by Gasteiger charge is 2.47. The number of halogens is 3. The maximum Gasteiger partial charge on any atom is 0.253 e. The second kappa shape index (κ2) is 10.1. The molecular formula is C31H31F3N4O4. The number of hydrogen-bond acceptors (Lipinski definition) is 6. The summed E-state index contributed by atoms with van der Waals surface area (Å²) in [6.45, 7) is 3.32. The Hall–Kier alpha value is -3.96. The molecule has 2 fully saturated rings. The van der Waals surface area contributed by atoms with Crippen LogP contribution in [-0.2, 0) is 21.6 Å². The maximum absolute atomic E-state index is 15.7. The number of rotatable bonds is 8. The monoisotopic (exact) mass is 580 g/mol. The van der Waals surface area contributed by atoms with Crippen molar-refractivity contribution in [2.45, 2.75) is 56.4 Å². The number of ether oxygens (including phenoxy) is 2. The van der Waals surface area contributed by atoms with Crippen LogP contribution in [0.2, 0.25) is 0 Å². The second-order valence-electron chi connectivity index (χ2n) is 11.5. The summed E-state index contributed by atoms with van der Waals surface area (Å²) in [6, 6.07) is 8.26. The maximum atomic E-state index is 15.7. The molecule has 4 heterocycles. The van der Waals surface area contributed by atoms with Gasteiger partial charge in [-0.2, -0.15) is 0 Å². The van der Waals surface area contributed by atoms with E-state index in [1.165, 1.54) is 57.4 Å². The Morgan fingerprint density at radius 1 is 1.12 bits per heavy atom. The van der Waals surface area contributed by atoms with Crippen LogP contribution in [0.25, 0.3) is 16.9 Å². The van der Waals surface area contributed by atoms with Crippen LogP contribution in [0.15, 0.2) is 48.8 Å². The van der Waals surface area contributed by atoms with Crippen LogP contribution >= 0.6 is 0 Å². The molecule has 0 radical (unpaired) electrons. The molecule has 0 bridgehead atoms. The highest BCUT2D eigenvalue weighted by atomic mass is 19.1. The number of hydrogen-bond donors (Lipinski definition) is 2. The van der Waals surface area contributed by atoms with Gasteiger partial charge < -0.3 is 24.3 Å². The summed E-state index contributed by atoms with van der Waals surface area (Å²) in [5.74, 6) is -1.32. The van der Waals surface area contributed by atoms with Gasteiger partial charge in [0, 0.05) is 30.1 Å². The van der Waals surface area contributed by atoms with Crippen molar-refractivity contribution in [3.8, 4) is 17.0 Å². The van der Waals surface area contributed by atoms with Crippen molar-refractivity contribution in [2.24, 2.45) is 0 Å². The van der Waals surface area contributed by atoms with Gasteiger partial charge >= 0.3 is 0 Å². The van der Waals surface area contributed by atoms with Crippen molar-refractivity contribution in [1.82, 2.24) is 19.7 Å². The minimum absolute atomic E-state index is 0.000392. The smallest absolute Gasteiger partial charge is 0.253 e. The molecule has 0 spiro atoms. The minimum Gasteiger partial charge on any atom is -0.493 e. The summed E-state index contributed by atoms with van der Waals surface area (Å²) < 4.78 is 57.2. The number of carbonyl (C=O) groups is 1. The van der Waals surface area contributed by atoms with Crippen molar-refractivity contribution in [3.05, 3.63) is 82.9 Å². The third kappa shape index (κ3) is 5.00. The van der Waals surface area contributed by atoms with Crippen LogP contribution < -0.4 is 10.1 Å². The lowest BCUT2D eigenvalue weighted by Gasteiger charge is -2.31. The summed E-state index contributed by atoms with van der Waals surface area (Å²) in [7, 11) is 1.45. The fourth-order valence-corrected chi connectivity index (χ4v) is 5.38. The van der Waals surface area contributed by atoms with Gasteiger partial charge in [0.15, 0.2) is 22.9 Å². The third-order valence-electron chi connectivity index (χ3n) is 7.99. The van der Waals surface area contributed by atoms with Gasteiger partial charge in [-0.1, -0.05) is 0 Å². The number of imidazole rings is 1. The zero-order valence-electron chi connectivity index (χ0n) is 23.5. The van der Waals surface area contributed by atoms with Crippen LogP contribution in [0.4, 0.5) is 13.2 Å². The first-order valence-corrected chi connectivity index (χ1v) is 13.8. The quantitative estimate of drug-likeness (QED) is 0.294. The number of pyridine rings is 2. The number of alkyl halides is 1. The molecule has 220 valence electrons. The summed E-state index contributed by atoms with van der Waals surface area (Å²) in [5, 5.41) is 13.7. The largest absolute Gasteiger partial charge is 0.493 e. The van der Waals surface area contributed by atoms with E-state index in [1.807, 2.05) is 0 Å². The molecule has 1 saturated carbocycles. The first-order chi connectivity index (χ1) is 19.9. The molecule has 4 aromatic rings. The molecule has 3 aromatic heterocycles. The van der Waals surface area contributed by atoms with Gasteiger partial charge in [0.1, 0.15) is 17.1 Å². The molecule has 1 saturated heterocycles. The molecule has 1 unspecified atom stereocenters. The highest BCUT2D eigenvalue weighted by molar-refractivity contribution is 5.95. The van der Waals surface area contributed by atoms with E-state index in [1.54, 1.807) is 16.8 Å². The Bertz CT molecular complexity index is 1670. The average Bonchev–Trinajstić information content (AvgIpc) is 3.34. The normalized spacial score (nSPS) is 19.7. The van der Waals surface area contributed by atoms with Gasteiger partial charge in [0.25, 0.3) is 5.91 Å². The first-order valence-electron chi connectivity index (χ1n) is 13.8. The number of nitrogens with one attached hydrogen (secondary N) is 1. The van der Waals surface area contributed by atoms with E-state index in [0.717, 1.165) is 0 Å². The number of carbonyl (C=O) groups excluding carboxylic acids is 1. The minimum atomic E-state index is -1.56. The predicted octanol–water partition coefficient (Wildman–Crippen LogP) is 5.30. The molecule has 1 aromatic carbocycles. The van der Waals surface area contributed by atoms with Crippen LogP contribution in [0, 0.1) is 11.6 Å². The van der Waals surface area contributed by atoms with Crippen molar-refractivity contribution in [1.29, 1.82) is 0 Å². The molecule has 11 heteroatoms. The SMILES string of the molecule is COc1cc(C(=O)NCC2(c3cc(C(C)(C)O)c(F)c(-c4ccc(F)cc4)n3)CCCO2)cn2cc(C3(F)CC3)nc12. The molecule has 6 rings (SSSR count). The zero-order valence-corrected chi connectivity index (χ0v) is 23.5. The number of fused-ring (bicyclic) bond motifs is 1. The molecule has 1 amide bonds.